The van der Waals surface area contributed by atoms with Gasteiger partial charge in [-0.15, -0.1) is 0 Å². The van der Waals surface area contributed by atoms with Crippen LogP contribution in [0.4, 0.5) is 4.39 Å². The Kier molecular flexibility index (Phi) is 5.29. The Morgan fingerprint density at radius 2 is 2.26 bits per heavy atom. The van der Waals surface area contributed by atoms with Crippen LogP contribution in [0.5, 0.6) is 0 Å². The summed E-state index contributed by atoms with van der Waals surface area (Å²) in [6.07, 6.45) is 0.251. The largest absolute Gasteiger partial charge is 0.409 e. The van der Waals surface area contributed by atoms with Gasteiger partial charge in [0.2, 0.25) is 0 Å². The fourth-order valence-corrected chi connectivity index (χ4v) is 1.89. The van der Waals surface area contributed by atoms with E-state index in [1.165, 1.54) is 23.1 Å². The van der Waals surface area contributed by atoms with Crippen LogP contribution < -0.4 is 5.73 Å². The summed E-state index contributed by atoms with van der Waals surface area (Å²) in [6, 6.07) is 3.81. The van der Waals surface area contributed by atoms with Crippen LogP contribution in [0.2, 0.25) is 0 Å². The maximum absolute atomic E-state index is 13.1. The third-order valence-electron chi connectivity index (χ3n) is 2.78. The lowest BCUT2D eigenvalue weighted by Crippen LogP contribution is -2.37. The van der Waals surface area contributed by atoms with Crippen molar-refractivity contribution < 1.29 is 14.4 Å². The molecule has 0 heterocycles. The second-order valence-corrected chi connectivity index (χ2v) is 5.04. The number of hydrogen-bond acceptors (Lipinski definition) is 3. The molecule has 3 N–H and O–H groups in total. The molecular formula is C12H15BrFN3O2. The number of rotatable bonds is 4. The zero-order valence-electron chi connectivity index (χ0n) is 10.6. The van der Waals surface area contributed by atoms with E-state index >= 15 is 0 Å². The number of benzene rings is 1. The smallest absolute Gasteiger partial charge is 0.253 e. The van der Waals surface area contributed by atoms with Gasteiger partial charge in [-0.25, -0.2) is 4.39 Å². The highest BCUT2D eigenvalue weighted by Gasteiger charge is 2.19. The highest BCUT2D eigenvalue weighted by Crippen LogP contribution is 2.18. The van der Waals surface area contributed by atoms with Crippen molar-refractivity contribution in [2.75, 3.05) is 7.05 Å². The molecule has 1 aromatic rings. The van der Waals surface area contributed by atoms with E-state index < -0.39 is 5.82 Å². The van der Waals surface area contributed by atoms with Crippen molar-refractivity contribution in [1.82, 2.24) is 4.90 Å². The Morgan fingerprint density at radius 1 is 1.63 bits per heavy atom. The zero-order chi connectivity index (χ0) is 14.6. The highest BCUT2D eigenvalue weighted by molar-refractivity contribution is 9.10. The molecule has 1 aromatic carbocycles. The first kappa shape index (κ1) is 15.4. The first-order valence-electron chi connectivity index (χ1n) is 5.55. The van der Waals surface area contributed by atoms with Crippen molar-refractivity contribution in [3.05, 3.63) is 34.1 Å². The number of carbonyl (C=O) groups is 1. The number of amidine groups is 1. The molecule has 0 aliphatic rings. The van der Waals surface area contributed by atoms with Crippen molar-refractivity contribution in [1.29, 1.82) is 0 Å². The van der Waals surface area contributed by atoms with E-state index in [0.717, 1.165) is 0 Å². The minimum atomic E-state index is -0.427. The van der Waals surface area contributed by atoms with Crippen LogP contribution in [0.1, 0.15) is 23.7 Å². The quantitative estimate of drug-likeness (QED) is 0.384. The van der Waals surface area contributed by atoms with Crippen LogP contribution in [0, 0.1) is 5.82 Å². The van der Waals surface area contributed by atoms with Gasteiger partial charge in [-0.1, -0.05) is 5.16 Å². The van der Waals surface area contributed by atoms with Crippen LogP contribution in [0.3, 0.4) is 0 Å². The molecule has 0 fully saturated rings. The molecule has 1 atom stereocenters. The zero-order valence-corrected chi connectivity index (χ0v) is 12.2. The van der Waals surface area contributed by atoms with Gasteiger partial charge < -0.3 is 15.8 Å². The molecule has 0 radical (unpaired) electrons. The Morgan fingerprint density at radius 3 is 2.79 bits per heavy atom. The molecule has 0 saturated heterocycles. The average Bonchev–Trinajstić information content (AvgIpc) is 2.39. The summed E-state index contributed by atoms with van der Waals surface area (Å²) in [4.78, 5) is 13.6. The number of hydrogen-bond donors (Lipinski definition) is 2. The lowest BCUT2D eigenvalue weighted by atomic mass is 10.1. The van der Waals surface area contributed by atoms with Crippen molar-refractivity contribution in [3.63, 3.8) is 0 Å². The van der Waals surface area contributed by atoms with Gasteiger partial charge in [0.1, 0.15) is 11.7 Å². The van der Waals surface area contributed by atoms with E-state index in [1.54, 1.807) is 14.0 Å². The molecule has 0 saturated carbocycles. The van der Waals surface area contributed by atoms with Gasteiger partial charge in [0.15, 0.2) is 0 Å². The maximum Gasteiger partial charge on any atom is 0.253 e. The summed E-state index contributed by atoms with van der Waals surface area (Å²) < 4.78 is 13.3. The maximum atomic E-state index is 13.1. The molecule has 104 valence electrons. The second kappa shape index (κ2) is 6.51. The van der Waals surface area contributed by atoms with Gasteiger partial charge in [0, 0.05) is 25.1 Å². The van der Waals surface area contributed by atoms with E-state index in [9.17, 15) is 9.18 Å². The molecule has 0 bridgehead atoms. The van der Waals surface area contributed by atoms with Gasteiger partial charge in [-0.05, 0) is 41.1 Å². The van der Waals surface area contributed by atoms with E-state index in [0.29, 0.717) is 5.56 Å². The Hall–Kier alpha value is -1.63. The summed E-state index contributed by atoms with van der Waals surface area (Å²) in [6.45, 7) is 1.77. The third kappa shape index (κ3) is 3.92. The summed E-state index contributed by atoms with van der Waals surface area (Å²) in [7, 11) is 1.61. The topological polar surface area (TPSA) is 78.9 Å². The van der Waals surface area contributed by atoms with Gasteiger partial charge in [0.25, 0.3) is 5.91 Å². The number of halogens is 2. The standard InChI is InChI=1S/C12H15BrFN3O2/c1-7(5-11(15)16-19)17(2)12(18)8-3-4-10(14)9(13)6-8/h3-4,6-7,19H,5H2,1-2H3,(H2,15,16). The van der Waals surface area contributed by atoms with Gasteiger partial charge >= 0.3 is 0 Å². The predicted octanol–water partition coefficient (Wildman–Crippen LogP) is 2.19. The number of nitrogens with zero attached hydrogens (tertiary/aromatic N) is 2. The second-order valence-electron chi connectivity index (χ2n) is 4.19. The fraction of sp³-hybridized carbons (Fsp3) is 0.333. The number of carbonyl (C=O) groups excluding carboxylic acids is 1. The predicted molar refractivity (Wildman–Crippen MR) is 73.7 cm³/mol. The van der Waals surface area contributed by atoms with Crippen LogP contribution in [-0.2, 0) is 0 Å². The fourth-order valence-electron chi connectivity index (χ4n) is 1.51. The van der Waals surface area contributed by atoms with E-state index in [-0.39, 0.29) is 28.7 Å². The molecule has 5 nitrogen and oxygen atoms in total. The van der Waals surface area contributed by atoms with Crippen LogP contribution in [0.25, 0.3) is 0 Å². The van der Waals surface area contributed by atoms with E-state index in [1.807, 2.05) is 0 Å². The molecule has 1 unspecified atom stereocenters. The third-order valence-corrected chi connectivity index (χ3v) is 3.39. The molecular weight excluding hydrogens is 317 g/mol. The van der Waals surface area contributed by atoms with Crippen molar-refractivity contribution in [3.8, 4) is 0 Å². The summed E-state index contributed by atoms with van der Waals surface area (Å²) in [5, 5.41) is 11.4. The first-order valence-corrected chi connectivity index (χ1v) is 6.34. The lowest BCUT2D eigenvalue weighted by molar-refractivity contribution is 0.0747. The Bertz CT molecular complexity index is 508. The van der Waals surface area contributed by atoms with Gasteiger partial charge in [-0.2, -0.15) is 0 Å². The number of amides is 1. The van der Waals surface area contributed by atoms with Crippen molar-refractivity contribution in [2.45, 2.75) is 19.4 Å². The summed E-state index contributed by atoms with van der Waals surface area (Å²) in [5.74, 6) is -0.643. The summed E-state index contributed by atoms with van der Waals surface area (Å²) >= 11 is 3.03. The Balaban J connectivity index is 2.84. The molecule has 0 spiro atoms. The molecule has 0 aliphatic carbocycles. The minimum Gasteiger partial charge on any atom is -0.409 e. The van der Waals surface area contributed by atoms with E-state index in [4.69, 9.17) is 10.9 Å². The first-order chi connectivity index (χ1) is 8.86. The number of oxime groups is 1. The molecule has 0 aliphatic heterocycles. The lowest BCUT2D eigenvalue weighted by Gasteiger charge is -2.24. The molecule has 1 amide bonds. The monoisotopic (exact) mass is 331 g/mol. The molecule has 7 heteroatoms. The highest BCUT2D eigenvalue weighted by atomic mass is 79.9. The number of nitrogens with two attached hydrogens (primary N) is 1. The minimum absolute atomic E-state index is 0.0486. The van der Waals surface area contributed by atoms with Crippen LogP contribution in [0.15, 0.2) is 27.8 Å². The SMILES string of the molecule is CC(C/C(N)=N/O)N(C)C(=O)c1ccc(F)c(Br)c1. The van der Waals surface area contributed by atoms with Crippen molar-refractivity contribution in [2.24, 2.45) is 10.9 Å². The van der Waals surface area contributed by atoms with Gasteiger partial charge in [0.05, 0.1) is 4.47 Å². The van der Waals surface area contributed by atoms with E-state index in [2.05, 4.69) is 21.1 Å². The summed E-state index contributed by atoms with van der Waals surface area (Å²) in [5.41, 5.74) is 5.76. The van der Waals surface area contributed by atoms with Crippen LogP contribution >= 0.6 is 15.9 Å². The average molecular weight is 332 g/mol. The van der Waals surface area contributed by atoms with Crippen LogP contribution in [-0.4, -0.2) is 34.9 Å². The molecule has 19 heavy (non-hydrogen) atoms. The van der Waals surface area contributed by atoms with Crippen molar-refractivity contribution >= 4 is 27.7 Å². The normalized spacial score (nSPS) is 13.2. The Labute approximate surface area is 119 Å². The van der Waals surface area contributed by atoms with Gasteiger partial charge in [-0.3, -0.25) is 4.79 Å². The molecule has 1 rings (SSSR count). The molecule has 0 aromatic heterocycles.